The summed E-state index contributed by atoms with van der Waals surface area (Å²) in [6.07, 6.45) is 0.652. The van der Waals surface area contributed by atoms with Crippen LogP contribution in [-0.4, -0.2) is 32.8 Å². The Balaban J connectivity index is 2.07. The molecule has 120 valence electrons. The molecule has 0 radical (unpaired) electrons. The van der Waals surface area contributed by atoms with Crippen molar-refractivity contribution in [2.75, 3.05) is 19.4 Å². The molecule has 2 rings (SSSR count). The lowest BCUT2D eigenvalue weighted by Crippen LogP contribution is -2.27. The van der Waals surface area contributed by atoms with Crippen LogP contribution in [0.15, 0.2) is 24.3 Å². The minimum Gasteiger partial charge on any atom is -0.497 e. The van der Waals surface area contributed by atoms with Gasteiger partial charge in [-0.05, 0) is 44.5 Å². The Morgan fingerprint density at radius 2 is 1.95 bits per heavy atom. The van der Waals surface area contributed by atoms with Crippen molar-refractivity contribution in [3.63, 3.8) is 0 Å². The van der Waals surface area contributed by atoms with Crippen LogP contribution in [0.3, 0.4) is 0 Å². The van der Waals surface area contributed by atoms with E-state index in [1.165, 1.54) is 0 Å². The first-order valence-corrected chi connectivity index (χ1v) is 9.50. The zero-order valence-electron chi connectivity index (χ0n) is 12.9. The van der Waals surface area contributed by atoms with E-state index in [9.17, 15) is 8.42 Å². The van der Waals surface area contributed by atoms with E-state index in [1.807, 2.05) is 31.2 Å². The van der Waals surface area contributed by atoms with Crippen molar-refractivity contribution in [1.82, 2.24) is 9.71 Å². The standard InChI is InChI=1S/C15H20N2O3S2/c1-4-22(18,19)16-10-9-14-11(2)17-15(21-14)12-5-7-13(20-3)8-6-12/h5-8,16H,4,9-10H2,1-3H3. The highest BCUT2D eigenvalue weighted by Crippen LogP contribution is 2.29. The lowest BCUT2D eigenvalue weighted by Gasteiger charge is -2.03. The third kappa shape index (κ3) is 4.28. The zero-order chi connectivity index (χ0) is 16.2. The number of rotatable bonds is 7. The molecule has 0 aliphatic carbocycles. The SMILES string of the molecule is CCS(=O)(=O)NCCc1sc(-c2ccc(OC)cc2)nc1C. The van der Waals surface area contributed by atoms with Gasteiger partial charge >= 0.3 is 0 Å². The normalized spacial score (nSPS) is 11.6. The summed E-state index contributed by atoms with van der Waals surface area (Å²) in [6.45, 7) is 3.98. The Morgan fingerprint density at radius 1 is 1.27 bits per heavy atom. The van der Waals surface area contributed by atoms with E-state index in [-0.39, 0.29) is 5.75 Å². The van der Waals surface area contributed by atoms with Crippen LogP contribution in [0.2, 0.25) is 0 Å². The highest BCUT2D eigenvalue weighted by Gasteiger charge is 2.11. The number of hydrogen-bond donors (Lipinski definition) is 1. The second-order valence-corrected chi connectivity index (χ2v) is 7.98. The molecular formula is C15H20N2O3S2. The molecule has 1 heterocycles. The molecule has 5 nitrogen and oxygen atoms in total. The lowest BCUT2D eigenvalue weighted by atomic mass is 10.2. The number of nitrogens with zero attached hydrogens (tertiary/aromatic N) is 1. The van der Waals surface area contributed by atoms with Crippen LogP contribution < -0.4 is 9.46 Å². The molecule has 0 aliphatic rings. The van der Waals surface area contributed by atoms with Gasteiger partial charge in [-0.2, -0.15) is 0 Å². The molecule has 22 heavy (non-hydrogen) atoms. The van der Waals surface area contributed by atoms with Gasteiger partial charge in [-0.25, -0.2) is 18.1 Å². The van der Waals surface area contributed by atoms with E-state index in [2.05, 4.69) is 9.71 Å². The van der Waals surface area contributed by atoms with E-state index < -0.39 is 10.0 Å². The maximum absolute atomic E-state index is 11.4. The highest BCUT2D eigenvalue weighted by atomic mass is 32.2. The fourth-order valence-corrected chi connectivity index (χ4v) is 3.62. The van der Waals surface area contributed by atoms with Gasteiger partial charge < -0.3 is 4.74 Å². The topological polar surface area (TPSA) is 68.3 Å². The number of sulfonamides is 1. The number of aryl methyl sites for hydroxylation is 1. The van der Waals surface area contributed by atoms with E-state index in [0.717, 1.165) is 26.9 Å². The molecule has 0 saturated carbocycles. The Bertz CT molecular complexity index is 722. The molecule has 1 aromatic carbocycles. The number of benzene rings is 1. The number of ether oxygens (including phenoxy) is 1. The summed E-state index contributed by atoms with van der Waals surface area (Å²) in [5.41, 5.74) is 1.99. The molecule has 0 spiro atoms. The Labute approximate surface area is 135 Å². The van der Waals surface area contributed by atoms with Crippen molar-refractivity contribution >= 4 is 21.4 Å². The quantitative estimate of drug-likeness (QED) is 0.841. The first kappa shape index (κ1) is 16.9. The minimum absolute atomic E-state index is 0.103. The third-order valence-corrected chi connectivity index (χ3v) is 5.95. The van der Waals surface area contributed by atoms with Gasteiger partial charge in [-0.1, -0.05) is 0 Å². The summed E-state index contributed by atoms with van der Waals surface area (Å²) in [5.74, 6) is 0.914. The molecule has 0 atom stereocenters. The lowest BCUT2D eigenvalue weighted by molar-refractivity contribution is 0.415. The van der Waals surface area contributed by atoms with Crippen LogP contribution >= 0.6 is 11.3 Å². The predicted molar refractivity (Wildman–Crippen MR) is 90.0 cm³/mol. The van der Waals surface area contributed by atoms with Crippen molar-refractivity contribution < 1.29 is 13.2 Å². The Hall–Kier alpha value is -1.44. The van der Waals surface area contributed by atoms with Crippen LogP contribution in [0.5, 0.6) is 5.75 Å². The van der Waals surface area contributed by atoms with Crippen LogP contribution in [-0.2, 0) is 16.4 Å². The monoisotopic (exact) mass is 340 g/mol. The van der Waals surface area contributed by atoms with Crippen molar-refractivity contribution in [2.24, 2.45) is 0 Å². The van der Waals surface area contributed by atoms with E-state index in [1.54, 1.807) is 25.4 Å². The van der Waals surface area contributed by atoms with Gasteiger partial charge in [0.15, 0.2) is 0 Å². The maximum atomic E-state index is 11.4. The largest absolute Gasteiger partial charge is 0.497 e. The molecule has 0 unspecified atom stereocenters. The molecule has 0 fully saturated rings. The van der Waals surface area contributed by atoms with Gasteiger partial charge in [-0.3, -0.25) is 0 Å². The van der Waals surface area contributed by atoms with Gasteiger partial charge in [0.05, 0.1) is 18.6 Å². The molecule has 1 aromatic heterocycles. The highest BCUT2D eigenvalue weighted by molar-refractivity contribution is 7.89. The van der Waals surface area contributed by atoms with Crippen LogP contribution in [0, 0.1) is 6.92 Å². The Kier molecular flexibility index (Phi) is 5.55. The summed E-state index contributed by atoms with van der Waals surface area (Å²) in [5, 5.41) is 0.938. The summed E-state index contributed by atoms with van der Waals surface area (Å²) < 4.78 is 30.6. The van der Waals surface area contributed by atoms with Crippen LogP contribution in [0.1, 0.15) is 17.5 Å². The zero-order valence-corrected chi connectivity index (χ0v) is 14.6. The van der Waals surface area contributed by atoms with Crippen LogP contribution in [0.25, 0.3) is 10.6 Å². The number of nitrogens with one attached hydrogen (secondary N) is 1. The summed E-state index contributed by atoms with van der Waals surface area (Å²) >= 11 is 1.60. The first-order valence-electron chi connectivity index (χ1n) is 7.03. The third-order valence-electron chi connectivity index (χ3n) is 3.28. The van der Waals surface area contributed by atoms with Crippen molar-refractivity contribution in [2.45, 2.75) is 20.3 Å². The molecule has 1 N–H and O–H groups in total. The van der Waals surface area contributed by atoms with Gasteiger partial charge in [-0.15, -0.1) is 11.3 Å². The number of methoxy groups -OCH3 is 1. The van der Waals surface area contributed by atoms with E-state index >= 15 is 0 Å². The average molecular weight is 340 g/mol. The molecule has 0 amide bonds. The average Bonchev–Trinajstić information content (AvgIpc) is 2.88. The fraction of sp³-hybridized carbons (Fsp3) is 0.400. The maximum Gasteiger partial charge on any atom is 0.211 e. The summed E-state index contributed by atoms with van der Waals surface area (Å²) in [7, 11) is -1.50. The van der Waals surface area contributed by atoms with Gasteiger partial charge in [0.25, 0.3) is 0 Å². The smallest absolute Gasteiger partial charge is 0.211 e. The Morgan fingerprint density at radius 3 is 2.55 bits per heavy atom. The van der Waals surface area contributed by atoms with E-state index in [4.69, 9.17) is 4.74 Å². The molecule has 0 saturated heterocycles. The number of thiazole rings is 1. The van der Waals surface area contributed by atoms with Crippen molar-refractivity contribution in [3.05, 3.63) is 34.8 Å². The van der Waals surface area contributed by atoms with E-state index in [0.29, 0.717) is 13.0 Å². The van der Waals surface area contributed by atoms with Gasteiger partial charge in [0.1, 0.15) is 10.8 Å². The molecule has 7 heteroatoms. The summed E-state index contributed by atoms with van der Waals surface area (Å²) in [4.78, 5) is 5.67. The first-order chi connectivity index (χ1) is 10.4. The summed E-state index contributed by atoms with van der Waals surface area (Å²) in [6, 6.07) is 7.75. The molecule has 0 aliphatic heterocycles. The van der Waals surface area contributed by atoms with Gasteiger partial charge in [0.2, 0.25) is 10.0 Å². The second kappa shape index (κ2) is 7.21. The predicted octanol–water partition coefficient (Wildman–Crippen LogP) is 2.61. The number of hydrogen-bond acceptors (Lipinski definition) is 5. The fourth-order valence-electron chi connectivity index (χ4n) is 1.94. The van der Waals surface area contributed by atoms with Crippen LogP contribution in [0.4, 0.5) is 0 Å². The second-order valence-electron chi connectivity index (χ2n) is 4.80. The van der Waals surface area contributed by atoms with Gasteiger partial charge in [0, 0.05) is 17.0 Å². The molecular weight excluding hydrogens is 320 g/mol. The molecule has 0 bridgehead atoms. The minimum atomic E-state index is -3.14. The van der Waals surface area contributed by atoms with Crippen molar-refractivity contribution in [1.29, 1.82) is 0 Å². The number of aromatic nitrogens is 1. The van der Waals surface area contributed by atoms with Crippen molar-refractivity contribution in [3.8, 4) is 16.3 Å². The molecule has 2 aromatic rings.